The molecule has 1 unspecified atom stereocenters. The van der Waals surface area contributed by atoms with Crippen molar-refractivity contribution in [1.82, 2.24) is 0 Å². The van der Waals surface area contributed by atoms with Gasteiger partial charge in [0.25, 0.3) is 0 Å². The van der Waals surface area contributed by atoms with Gasteiger partial charge in [-0.15, -0.1) is 0 Å². The summed E-state index contributed by atoms with van der Waals surface area (Å²) in [5, 5.41) is 8.55. The lowest BCUT2D eigenvalue weighted by Gasteiger charge is -2.08. The zero-order chi connectivity index (χ0) is 13.6. The Morgan fingerprint density at radius 3 is 2.00 bits per heavy atom. The number of aliphatic carboxylic acids is 1. The van der Waals surface area contributed by atoms with Crippen molar-refractivity contribution < 1.29 is 9.90 Å². The molecule has 3 heteroatoms. The predicted molar refractivity (Wildman–Crippen MR) is 81.4 cm³/mol. The average Bonchev–Trinajstić information content (AvgIpc) is 2.32. The Balaban J connectivity index is 3.15. The summed E-state index contributed by atoms with van der Waals surface area (Å²) >= 11 is 3.64. The number of carbonyl (C=O) groups is 1. The Labute approximate surface area is 121 Å². The van der Waals surface area contributed by atoms with Crippen LogP contribution >= 0.6 is 15.9 Å². The van der Waals surface area contributed by atoms with Gasteiger partial charge >= 0.3 is 5.97 Å². The van der Waals surface area contributed by atoms with Gasteiger partial charge in [-0.1, -0.05) is 74.2 Å². The van der Waals surface area contributed by atoms with E-state index in [0.29, 0.717) is 11.2 Å². The molecule has 0 aromatic heterocycles. The van der Waals surface area contributed by atoms with Crippen LogP contribution in [0.15, 0.2) is 0 Å². The standard InChI is InChI=1S/C15H29BrO2/c1-2-3-4-5-6-7-8-9-11-14(16)12-10-13-15(17)18/h14H,2-13H2,1H3,(H,17,18). The molecule has 0 aromatic rings. The Morgan fingerprint density at radius 2 is 1.44 bits per heavy atom. The fourth-order valence-corrected chi connectivity index (χ4v) is 2.77. The van der Waals surface area contributed by atoms with Crippen LogP contribution in [0.4, 0.5) is 0 Å². The van der Waals surface area contributed by atoms with Crippen LogP contribution in [0.3, 0.4) is 0 Å². The minimum Gasteiger partial charge on any atom is -0.481 e. The quantitative estimate of drug-likeness (QED) is 0.357. The summed E-state index contributed by atoms with van der Waals surface area (Å²) in [6.07, 6.45) is 14.1. The van der Waals surface area contributed by atoms with Gasteiger partial charge in [-0.2, -0.15) is 0 Å². The number of hydrogen-bond acceptors (Lipinski definition) is 1. The summed E-state index contributed by atoms with van der Waals surface area (Å²) < 4.78 is 0. The van der Waals surface area contributed by atoms with Crippen molar-refractivity contribution in [3.05, 3.63) is 0 Å². The van der Waals surface area contributed by atoms with Crippen molar-refractivity contribution in [3.63, 3.8) is 0 Å². The summed E-state index contributed by atoms with van der Waals surface area (Å²) in [6, 6.07) is 0. The molecule has 0 aliphatic carbocycles. The molecular formula is C15H29BrO2. The van der Waals surface area contributed by atoms with Gasteiger partial charge in [0.1, 0.15) is 0 Å². The van der Waals surface area contributed by atoms with E-state index in [1.807, 2.05) is 0 Å². The topological polar surface area (TPSA) is 37.3 Å². The maximum Gasteiger partial charge on any atom is 0.303 e. The molecule has 0 aliphatic rings. The monoisotopic (exact) mass is 320 g/mol. The molecule has 0 aliphatic heterocycles. The lowest BCUT2D eigenvalue weighted by atomic mass is 10.0. The largest absolute Gasteiger partial charge is 0.481 e. The second-order valence-corrected chi connectivity index (χ2v) is 6.44. The summed E-state index contributed by atoms with van der Waals surface area (Å²) in [7, 11) is 0. The molecule has 1 N–H and O–H groups in total. The summed E-state index contributed by atoms with van der Waals surface area (Å²) in [6.45, 7) is 2.25. The van der Waals surface area contributed by atoms with Crippen molar-refractivity contribution in [1.29, 1.82) is 0 Å². The van der Waals surface area contributed by atoms with E-state index in [0.717, 1.165) is 12.8 Å². The van der Waals surface area contributed by atoms with Crippen molar-refractivity contribution in [2.24, 2.45) is 0 Å². The molecule has 0 bridgehead atoms. The third-order valence-corrected chi connectivity index (χ3v) is 4.19. The Bertz CT molecular complexity index is 195. The zero-order valence-electron chi connectivity index (χ0n) is 11.8. The summed E-state index contributed by atoms with van der Waals surface area (Å²) in [4.78, 5) is 10.9. The molecule has 0 saturated heterocycles. The highest BCUT2D eigenvalue weighted by atomic mass is 79.9. The van der Waals surface area contributed by atoms with Gasteiger partial charge in [-0.25, -0.2) is 0 Å². The van der Waals surface area contributed by atoms with Gasteiger partial charge in [0.05, 0.1) is 0 Å². The van der Waals surface area contributed by atoms with Crippen LogP contribution in [-0.2, 0) is 4.79 Å². The van der Waals surface area contributed by atoms with Crippen LogP contribution < -0.4 is 0 Å². The van der Waals surface area contributed by atoms with Crippen LogP contribution in [0, 0.1) is 0 Å². The number of rotatable bonds is 13. The van der Waals surface area contributed by atoms with E-state index < -0.39 is 5.97 Å². The fourth-order valence-electron chi connectivity index (χ4n) is 2.12. The highest BCUT2D eigenvalue weighted by molar-refractivity contribution is 9.09. The molecule has 0 radical (unpaired) electrons. The second kappa shape index (κ2) is 13.4. The molecule has 18 heavy (non-hydrogen) atoms. The Hall–Kier alpha value is -0.0500. The lowest BCUT2D eigenvalue weighted by molar-refractivity contribution is -0.137. The number of alkyl halides is 1. The van der Waals surface area contributed by atoms with Crippen LogP contribution in [-0.4, -0.2) is 15.9 Å². The van der Waals surface area contributed by atoms with Crippen LogP contribution in [0.5, 0.6) is 0 Å². The zero-order valence-corrected chi connectivity index (χ0v) is 13.4. The third-order valence-electron chi connectivity index (χ3n) is 3.28. The molecule has 0 amide bonds. The maximum absolute atomic E-state index is 10.4. The lowest BCUT2D eigenvalue weighted by Crippen LogP contribution is -2.01. The Kier molecular flexibility index (Phi) is 13.3. The van der Waals surface area contributed by atoms with Crippen LogP contribution in [0.2, 0.25) is 0 Å². The molecule has 0 fully saturated rings. The minimum absolute atomic E-state index is 0.305. The maximum atomic E-state index is 10.4. The third kappa shape index (κ3) is 14.0. The van der Waals surface area contributed by atoms with Gasteiger partial charge in [0.15, 0.2) is 0 Å². The Morgan fingerprint density at radius 1 is 0.944 bits per heavy atom. The van der Waals surface area contributed by atoms with Gasteiger partial charge in [-0.3, -0.25) is 4.79 Å². The van der Waals surface area contributed by atoms with Gasteiger partial charge < -0.3 is 5.11 Å². The van der Waals surface area contributed by atoms with Crippen molar-refractivity contribution in [3.8, 4) is 0 Å². The first-order valence-corrected chi connectivity index (χ1v) is 8.44. The van der Waals surface area contributed by atoms with E-state index in [1.54, 1.807) is 0 Å². The molecule has 0 rings (SSSR count). The fraction of sp³-hybridized carbons (Fsp3) is 0.933. The first-order valence-electron chi connectivity index (χ1n) is 7.52. The normalized spacial score (nSPS) is 12.6. The highest BCUT2D eigenvalue weighted by Gasteiger charge is 2.05. The average molecular weight is 321 g/mol. The number of carboxylic acids is 1. The smallest absolute Gasteiger partial charge is 0.303 e. The first kappa shape index (κ1) is 17.9. The summed E-state index contributed by atoms with van der Waals surface area (Å²) in [5.41, 5.74) is 0. The molecule has 1 atom stereocenters. The summed E-state index contributed by atoms with van der Waals surface area (Å²) in [5.74, 6) is -0.679. The molecular weight excluding hydrogens is 292 g/mol. The van der Waals surface area contributed by atoms with E-state index in [9.17, 15) is 4.79 Å². The molecule has 0 heterocycles. The van der Waals surface area contributed by atoms with Crippen LogP contribution in [0.1, 0.15) is 84.0 Å². The van der Waals surface area contributed by atoms with Crippen molar-refractivity contribution in [2.45, 2.75) is 88.8 Å². The molecule has 0 aromatic carbocycles. The first-order chi connectivity index (χ1) is 8.66. The van der Waals surface area contributed by atoms with Gasteiger partial charge in [-0.05, 0) is 19.3 Å². The number of halogens is 1. The van der Waals surface area contributed by atoms with Crippen molar-refractivity contribution >= 4 is 21.9 Å². The van der Waals surface area contributed by atoms with Crippen molar-refractivity contribution in [2.75, 3.05) is 0 Å². The number of carboxylic acid groups (broad SMARTS) is 1. The van der Waals surface area contributed by atoms with E-state index in [4.69, 9.17) is 5.11 Å². The highest BCUT2D eigenvalue weighted by Crippen LogP contribution is 2.18. The molecule has 2 nitrogen and oxygen atoms in total. The SMILES string of the molecule is CCCCCCCCCCC(Br)CCCC(=O)O. The van der Waals surface area contributed by atoms with E-state index in [1.165, 1.54) is 57.8 Å². The number of unbranched alkanes of at least 4 members (excludes halogenated alkanes) is 7. The number of hydrogen-bond donors (Lipinski definition) is 1. The predicted octanol–water partition coefficient (Wildman–Crippen LogP) is 5.54. The second-order valence-electron chi connectivity index (χ2n) is 5.15. The minimum atomic E-state index is -0.679. The van der Waals surface area contributed by atoms with Gasteiger partial charge in [0.2, 0.25) is 0 Å². The van der Waals surface area contributed by atoms with E-state index in [-0.39, 0.29) is 0 Å². The van der Waals surface area contributed by atoms with E-state index in [2.05, 4.69) is 22.9 Å². The molecule has 108 valence electrons. The van der Waals surface area contributed by atoms with E-state index >= 15 is 0 Å². The van der Waals surface area contributed by atoms with Crippen LogP contribution in [0.25, 0.3) is 0 Å². The van der Waals surface area contributed by atoms with Gasteiger partial charge in [0, 0.05) is 11.2 Å². The molecule has 0 saturated carbocycles. The molecule has 0 spiro atoms.